The van der Waals surface area contributed by atoms with E-state index in [-0.39, 0.29) is 5.91 Å². The maximum absolute atomic E-state index is 12.9. The Kier molecular flexibility index (Phi) is 4.27. The smallest absolute Gasteiger partial charge is 0.272 e. The van der Waals surface area contributed by atoms with Crippen LogP contribution >= 0.6 is 11.6 Å². The van der Waals surface area contributed by atoms with Gasteiger partial charge in [-0.2, -0.15) is 0 Å². The standard InChI is InChI=1S/C21H17ClN2O2/c1-14-6-2-3-7-15(14)13-24-18-10-11-26-20(18)12-19(24)21(25)23-17-9-5-4-8-16(17)22/h2-12H,13H2,1H3,(H,23,25). The van der Waals surface area contributed by atoms with Crippen LogP contribution in [-0.4, -0.2) is 10.5 Å². The van der Waals surface area contributed by atoms with E-state index in [0.717, 1.165) is 11.1 Å². The van der Waals surface area contributed by atoms with Gasteiger partial charge in [-0.1, -0.05) is 48.0 Å². The average Bonchev–Trinajstić information content (AvgIpc) is 3.21. The maximum atomic E-state index is 12.9. The summed E-state index contributed by atoms with van der Waals surface area (Å²) in [5.74, 6) is -0.224. The SMILES string of the molecule is Cc1ccccc1Cn1c(C(=O)Nc2ccccc2Cl)cc2occc21. The van der Waals surface area contributed by atoms with Crippen molar-refractivity contribution in [1.82, 2.24) is 4.57 Å². The number of aryl methyl sites for hydroxylation is 1. The topological polar surface area (TPSA) is 47.2 Å². The van der Waals surface area contributed by atoms with E-state index < -0.39 is 0 Å². The van der Waals surface area contributed by atoms with E-state index in [2.05, 4.69) is 24.4 Å². The van der Waals surface area contributed by atoms with Gasteiger partial charge in [-0.05, 0) is 30.2 Å². The molecule has 0 bridgehead atoms. The highest BCUT2D eigenvalue weighted by Gasteiger charge is 2.19. The molecule has 0 spiro atoms. The van der Waals surface area contributed by atoms with Crippen molar-refractivity contribution in [2.75, 3.05) is 5.32 Å². The van der Waals surface area contributed by atoms with Crippen molar-refractivity contribution in [2.45, 2.75) is 13.5 Å². The van der Waals surface area contributed by atoms with Gasteiger partial charge in [-0.25, -0.2) is 0 Å². The molecule has 0 aliphatic rings. The van der Waals surface area contributed by atoms with Crippen molar-refractivity contribution in [2.24, 2.45) is 0 Å². The Bertz CT molecular complexity index is 1090. The lowest BCUT2D eigenvalue weighted by Gasteiger charge is -2.13. The van der Waals surface area contributed by atoms with E-state index in [1.807, 2.05) is 34.9 Å². The third-order valence-electron chi connectivity index (χ3n) is 4.47. The fourth-order valence-corrected chi connectivity index (χ4v) is 3.23. The number of amides is 1. The van der Waals surface area contributed by atoms with Gasteiger partial charge in [-0.3, -0.25) is 4.79 Å². The number of benzene rings is 2. The Labute approximate surface area is 156 Å². The normalized spacial score (nSPS) is 11.0. The molecule has 5 heteroatoms. The molecular weight excluding hydrogens is 348 g/mol. The van der Waals surface area contributed by atoms with E-state index in [1.165, 1.54) is 5.56 Å². The van der Waals surface area contributed by atoms with Gasteiger partial charge in [0.25, 0.3) is 5.91 Å². The summed E-state index contributed by atoms with van der Waals surface area (Å²) in [4.78, 5) is 12.9. The van der Waals surface area contributed by atoms with Crippen LogP contribution in [-0.2, 0) is 6.54 Å². The fourth-order valence-electron chi connectivity index (χ4n) is 3.04. The largest absolute Gasteiger partial charge is 0.463 e. The summed E-state index contributed by atoms with van der Waals surface area (Å²) in [5.41, 5.74) is 5.01. The Morgan fingerprint density at radius 1 is 1.12 bits per heavy atom. The van der Waals surface area contributed by atoms with Gasteiger partial charge >= 0.3 is 0 Å². The monoisotopic (exact) mass is 364 g/mol. The Hall–Kier alpha value is -2.98. The molecule has 0 atom stereocenters. The lowest BCUT2D eigenvalue weighted by atomic mass is 10.1. The van der Waals surface area contributed by atoms with Crippen LogP contribution in [0.1, 0.15) is 21.6 Å². The lowest BCUT2D eigenvalue weighted by molar-refractivity contribution is 0.101. The number of halogens is 1. The first-order valence-electron chi connectivity index (χ1n) is 8.30. The summed E-state index contributed by atoms with van der Waals surface area (Å²) in [6, 6.07) is 19.0. The first-order chi connectivity index (χ1) is 12.6. The third-order valence-corrected chi connectivity index (χ3v) is 4.80. The molecule has 2 heterocycles. The molecule has 0 saturated carbocycles. The summed E-state index contributed by atoms with van der Waals surface area (Å²) in [5, 5.41) is 3.39. The third kappa shape index (κ3) is 3.00. The second-order valence-electron chi connectivity index (χ2n) is 6.15. The minimum Gasteiger partial charge on any atom is -0.463 e. The average molecular weight is 365 g/mol. The molecule has 2 aromatic carbocycles. The van der Waals surface area contributed by atoms with Crippen LogP contribution in [0.25, 0.3) is 11.1 Å². The number of para-hydroxylation sites is 1. The summed E-state index contributed by atoms with van der Waals surface area (Å²) in [6.07, 6.45) is 1.63. The van der Waals surface area contributed by atoms with Crippen molar-refractivity contribution in [3.8, 4) is 0 Å². The van der Waals surface area contributed by atoms with Gasteiger partial charge < -0.3 is 14.3 Å². The molecule has 0 radical (unpaired) electrons. The second-order valence-corrected chi connectivity index (χ2v) is 6.55. The molecule has 0 saturated heterocycles. The zero-order chi connectivity index (χ0) is 18.1. The van der Waals surface area contributed by atoms with Crippen molar-refractivity contribution in [3.05, 3.63) is 88.8 Å². The predicted octanol–water partition coefficient (Wildman–Crippen LogP) is 5.50. The quantitative estimate of drug-likeness (QED) is 0.520. The molecule has 0 aliphatic heterocycles. The van der Waals surface area contributed by atoms with Gasteiger partial charge in [0.15, 0.2) is 5.58 Å². The second kappa shape index (κ2) is 6.73. The summed E-state index contributed by atoms with van der Waals surface area (Å²) >= 11 is 6.16. The Morgan fingerprint density at radius 3 is 2.69 bits per heavy atom. The molecule has 4 nitrogen and oxygen atoms in total. The van der Waals surface area contributed by atoms with Crippen LogP contribution in [0.5, 0.6) is 0 Å². The number of hydrogen-bond acceptors (Lipinski definition) is 2. The van der Waals surface area contributed by atoms with E-state index >= 15 is 0 Å². The predicted molar refractivity (Wildman–Crippen MR) is 104 cm³/mol. The molecule has 1 amide bonds. The zero-order valence-electron chi connectivity index (χ0n) is 14.2. The van der Waals surface area contributed by atoms with Crippen LogP contribution in [0.3, 0.4) is 0 Å². The fraction of sp³-hybridized carbons (Fsp3) is 0.0952. The van der Waals surface area contributed by atoms with Gasteiger partial charge in [0, 0.05) is 18.7 Å². The number of furan rings is 1. The molecule has 2 aromatic heterocycles. The molecule has 0 aliphatic carbocycles. The molecule has 26 heavy (non-hydrogen) atoms. The van der Waals surface area contributed by atoms with Crippen molar-refractivity contribution in [3.63, 3.8) is 0 Å². The number of nitrogens with one attached hydrogen (secondary N) is 1. The molecule has 4 rings (SSSR count). The summed E-state index contributed by atoms with van der Waals surface area (Å²) in [7, 11) is 0. The van der Waals surface area contributed by atoms with E-state index in [1.54, 1.807) is 24.5 Å². The Balaban J connectivity index is 1.73. The number of nitrogens with zero attached hydrogens (tertiary/aromatic N) is 1. The molecule has 0 unspecified atom stereocenters. The first-order valence-corrected chi connectivity index (χ1v) is 8.68. The van der Waals surface area contributed by atoms with Crippen LogP contribution < -0.4 is 5.32 Å². The molecule has 1 N–H and O–H groups in total. The van der Waals surface area contributed by atoms with E-state index in [0.29, 0.717) is 28.5 Å². The number of carbonyl (C=O) groups is 1. The highest BCUT2D eigenvalue weighted by molar-refractivity contribution is 6.33. The van der Waals surface area contributed by atoms with Crippen LogP contribution in [0.15, 0.2) is 71.3 Å². The van der Waals surface area contributed by atoms with Crippen LogP contribution in [0.4, 0.5) is 5.69 Å². The first kappa shape index (κ1) is 16.5. The van der Waals surface area contributed by atoms with Crippen molar-refractivity contribution in [1.29, 1.82) is 0 Å². The Morgan fingerprint density at radius 2 is 1.88 bits per heavy atom. The minimum absolute atomic E-state index is 0.224. The highest BCUT2D eigenvalue weighted by Crippen LogP contribution is 2.26. The van der Waals surface area contributed by atoms with E-state index in [4.69, 9.17) is 16.0 Å². The van der Waals surface area contributed by atoms with Gasteiger partial charge in [0.1, 0.15) is 5.69 Å². The zero-order valence-corrected chi connectivity index (χ0v) is 15.0. The van der Waals surface area contributed by atoms with Gasteiger partial charge in [-0.15, -0.1) is 0 Å². The van der Waals surface area contributed by atoms with Crippen LogP contribution in [0.2, 0.25) is 5.02 Å². The lowest BCUT2D eigenvalue weighted by Crippen LogP contribution is -2.18. The number of anilines is 1. The maximum Gasteiger partial charge on any atom is 0.272 e. The van der Waals surface area contributed by atoms with E-state index in [9.17, 15) is 4.79 Å². The number of rotatable bonds is 4. The number of carbonyl (C=O) groups excluding carboxylic acids is 1. The summed E-state index contributed by atoms with van der Waals surface area (Å²) in [6.45, 7) is 2.65. The highest BCUT2D eigenvalue weighted by atomic mass is 35.5. The minimum atomic E-state index is -0.224. The van der Waals surface area contributed by atoms with Crippen LogP contribution in [0, 0.1) is 6.92 Å². The van der Waals surface area contributed by atoms with Gasteiger partial charge in [0.2, 0.25) is 0 Å². The summed E-state index contributed by atoms with van der Waals surface area (Å²) < 4.78 is 7.47. The number of fused-ring (bicyclic) bond motifs is 1. The number of aromatic nitrogens is 1. The number of hydrogen-bond donors (Lipinski definition) is 1. The van der Waals surface area contributed by atoms with Crippen molar-refractivity contribution < 1.29 is 9.21 Å². The van der Waals surface area contributed by atoms with Gasteiger partial charge in [0.05, 0.1) is 22.5 Å². The molecular formula is C21H17ClN2O2. The molecule has 4 aromatic rings. The molecule has 130 valence electrons. The molecule has 0 fully saturated rings. The van der Waals surface area contributed by atoms with Crippen molar-refractivity contribution >= 4 is 34.3 Å².